The first kappa shape index (κ1) is 12.2. The molecule has 1 N–H and O–H groups in total. The third-order valence-electron chi connectivity index (χ3n) is 5.60. The van der Waals surface area contributed by atoms with Crippen molar-refractivity contribution in [1.82, 2.24) is 9.55 Å². The lowest BCUT2D eigenvalue weighted by molar-refractivity contribution is -0.0159. The molecule has 1 aromatic heterocycles. The predicted octanol–water partition coefficient (Wildman–Crippen LogP) is 3.12. The fourth-order valence-corrected chi connectivity index (χ4v) is 5.01. The van der Waals surface area contributed by atoms with Crippen molar-refractivity contribution in [3.8, 4) is 0 Å². The number of aromatic nitrogens is 2. The van der Waals surface area contributed by atoms with Crippen LogP contribution in [0.2, 0.25) is 0 Å². The summed E-state index contributed by atoms with van der Waals surface area (Å²) >= 11 is 0. The lowest BCUT2D eigenvalue weighted by Crippen LogP contribution is -2.44. The quantitative estimate of drug-likeness (QED) is 0.919. The Hall–Kier alpha value is -1.58. The van der Waals surface area contributed by atoms with Crippen LogP contribution in [0.15, 0.2) is 18.6 Å². The predicted molar refractivity (Wildman–Crippen MR) is 75.1 cm³/mol. The monoisotopic (exact) mass is 272 g/mol. The van der Waals surface area contributed by atoms with Crippen molar-refractivity contribution in [2.45, 2.75) is 32.1 Å². The van der Waals surface area contributed by atoms with Gasteiger partial charge in [0.25, 0.3) is 0 Å². The molecule has 0 aromatic carbocycles. The standard InChI is InChI=1S/C16H20N2O2/c19-16(20)15-8-18(9-17-15)2-1-14-12-4-10-3-11(6-12)7-13(14)5-10/h1-2,8-14H,3-7H2,(H,19,20)/b2-1+. The Morgan fingerprint density at radius 1 is 1.20 bits per heavy atom. The molecule has 20 heavy (non-hydrogen) atoms. The normalized spacial score (nSPS) is 38.7. The molecule has 0 atom stereocenters. The second-order valence-electron chi connectivity index (χ2n) is 6.86. The van der Waals surface area contributed by atoms with Gasteiger partial charge in [-0.3, -0.25) is 0 Å². The Morgan fingerprint density at radius 3 is 2.40 bits per heavy atom. The van der Waals surface area contributed by atoms with Crippen LogP contribution >= 0.6 is 0 Å². The summed E-state index contributed by atoms with van der Waals surface area (Å²) in [5.41, 5.74) is 0.111. The fourth-order valence-electron chi connectivity index (χ4n) is 5.01. The molecule has 0 spiro atoms. The van der Waals surface area contributed by atoms with Crippen molar-refractivity contribution >= 4 is 12.2 Å². The molecule has 106 valence electrons. The van der Waals surface area contributed by atoms with Crippen molar-refractivity contribution in [2.75, 3.05) is 0 Å². The summed E-state index contributed by atoms with van der Waals surface area (Å²) in [6.45, 7) is 0. The topological polar surface area (TPSA) is 55.1 Å². The number of imidazole rings is 1. The van der Waals surface area contributed by atoms with E-state index < -0.39 is 5.97 Å². The van der Waals surface area contributed by atoms with E-state index in [1.54, 1.807) is 17.1 Å². The van der Waals surface area contributed by atoms with Crippen molar-refractivity contribution < 1.29 is 9.90 Å². The molecular formula is C16H20N2O2. The van der Waals surface area contributed by atoms with Gasteiger partial charge in [0.05, 0.1) is 6.33 Å². The van der Waals surface area contributed by atoms with E-state index in [-0.39, 0.29) is 5.69 Å². The highest BCUT2D eigenvalue weighted by atomic mass is 16.4. The molecule has 5 rings (SSSR count). The van der Waals surface area contributed by atoms with Gasteiger partial charge in [0.1, 0.15) is 0 Å². The van der Waals surface area contributed by atoms with E-state index in [1.165, 1.54) is 32.1 Å². The highest BCUT2D eigenvalue weighted by Crippen LogP contribution is 2.56. The number of hydrogen-bond donors (Lipinski definition) is 1. The first-order valence-corrected chi connectivity index (χ1v) is 7.64. The maximum absolute atomic E-state index is 10.8. The Bertz CT molecular complexity index is 533. The molecule has 0 saturated heterocycles. The number of allylic oxidation sites excluding steroid dienone is 1. The Balaban J connectivity index is 1.50. The van der Waals surface area contributed by atoms with Crippen molar-refractivity contribution in [3.05, 3.63) is 24.3 Å². The minimum Gasteiger partial charge on any atom is -0.476 e. The van der Waals surface area contributed by atoms with Crippen LogP contribution in [-0.4, -0.2) is 20.6 Å². The molecule has 0 radical (unpaired) electrons. The van der Waals surface area contributed by atoms with E-state index in [1.807, 2.05) is 6.20 Å². The Kier molecular flexibility index (Phi) is 2.72. The molecule has 4 saturated carbocycles. The number of aromatic carboxylic acids is 1. The molecular weight excluding hydrogens is 252 g/mol. The number of hydrogen-bond acceptors (Lipinski definition) is 2. The molecule has 4 fully saturated rings. The maximum Gasteiger partial charge on any atom is 0.356 e. The van der Waals surface area contributed by atoms with Gasteiger partial charge >= 0.3 is 5.97 Å². The van der Waals surface area contributed by atoms with Gasteiger partial charge in [0.15, 0.2) is 5.69 Å². The fraction of sp³-hybridized carbons (Fsp3) is 0.625. The third kappa shape index (κ3) is 1.98. The summed E-state index contributed by atoms with van der Waals surface area (Å²) < 4.78 is 1.77. The zero-order chi connectivity index (χ0) is 13.7. The molecule has 4 bridgehead atoms. The molecule has 0 unspecified atom stereocenters. The summed E-state index contributed by atoms with van der Waals surface area (Å²) in [4.78, 5) is 14.7. The summed E-state index contributed by atoms with van der Waals surface area (Å²) in [6, 6.07) is 0. The Labute approximate surface area is 118 Å². The molecule has 1 aromatic rings. The first-order chi connectivity index (χ1) is 9.69. The second kappa shape index (κ2) is 4.47. The maximum atomic E-state index is 10.8. The minimum atomic E-state index is -0.966. The largest absolute Gasteiger partial charge is 0.476 e. The summed E-state index contributed by atoms with van der Waals surface area (Å²) in [7, 11) is 0. The third-order valence-corrected chi connectivity index (χ3v) is 5.60. The highest BCUT2D eigenvalue weighted by molar-refractivity contribution is 5.85. The first-order valence-electron chi connectivity index (χ1n) is 7.64. The molecule has 4 heteroatoms. The number of carboxylic acids is 1. The minimum absolute atomic E-state index is 0.111. The van der Waals surface area contributed by atoms with Crippen LogP contribution in [0.3, 0.4) is 0 Å². The van der Waals surface area contributed by atoms with E-state index in [9.17, 15) is 4.79 Å². The molecule has 1 heterocycles. The molecule has 4 aliphatic carbocycles. The van der Waals surface area contributed by atoms with Gasteiger partial charge < -0.3 is 9.67 Å². The van der Waals surface area contributed by atoms with Gasteiger partial charge in [0, 0.05) is 12.4 Å². The zero-order valence-corrected chi connectivity index (χ0v) is 11.5. The highest BCUT2D eigenvalue weighted by Gasteiger charge is 2.47. The zero-order valence-electron chi connectivity index (χ0n) is 11.5. The summed E-state index contributed by atoms with van der Waals surface area (Å²) in [5, 5.41) is 8.88. The van der Waals surface area contributed by atoms with Crippen molar-refractivity contribution in [2.24, 2.45) is 29.6 Å². The SMILES string of the molecule is O=C(O)c1cn(/C=C/C2C3CC4CC(C3)CC2C4)cn1. The molecule has 4 nitrogen and oxygen atoms in total. The van der Waals surface area contributed by atoms with Crippen LogP contribution in [0, 0.1) is 29.6 Å². The molecule has 0 aliphatic heterocycles. The lowest BCUT2D eigenvalue weighted by Gasteiger charge is -2.53. The molecule has 0 amide bonds. The summed E-state index contributed by atoms with van der Waals surface area (Å²) in [6.07, 6.45) is 14.6. The number of carboxylic acid groups (broad SMARTS) is 1. The van der Waals surface area contributed by atoms with Crippen LogP contribution in [0.1, 0.15) is 42.6 Å². The smallest absolute Gasteiger partial charge is 0.356 e. The number of carbonyl (C=O) groups is 1. The van der Waals surface area contributed by atoms with Crippen molar-refractivity contribution in [1.29, 1.82) is 0 Å². The van der Waals surface area contributed by atoms with E-state index in [2.05, 4.69) is 11.1 Å². The van der Waals surface area contributed by atoms with Gasteiger partial charge in [-0.1, -0.05) is 6.08 Å². The van der Waals surface area contributed by atoms with Crippen LogP contribution in [0.4, 0.5) is 0 Å². The van der Waals surface area contributed by atoms with E-state index in [0.29, 0.717) is 5.92 Å². The molecule has 4 aliphatic rings. The van der Waals surface area contributed by atoms with Gasteiger partial charge in [-0.25, -0.2) is 9.78 Å². The second-order valence-corrected chi connectivity index (χ2v) is 6.86. The van der Waals surface area contributed by atoms with Crippen LogP contribution < -0.4 is 0 Å². The lowest BCUT2D eigenvalue weighted by atomic mass is 9.52. The van der Waals surface area contributed by atoms with Gasteiger partial charge in [0.2, 0.25) is 0 Å². The van der Waals surface area contributed by atoms with E-state index in [0.717, 1.165) is 23.7 Å². The number of rotatable bonds is 3. The van der Waals surface area contributed by atoms with Crippen LogP contribution in [0.5, 0.6) is 0 Å². The average Bonchev–Trinajstić information content (AvgIpc) is 2.86. The van der Waals surface area contributed by atoms with Gasteiger partial charge in [-0.05, 0) is 61.7 Å². The van der Waals surface area contributed by atoms with E-state index >= 15 is 0 Å². The van der Waals surface area contributed by atoms with Crippen LogP contribution in [-0.2, 0) is 0 Å². The van der Waals surface area contributed by atoms with Gasteiger partial charge in [-0.15, -0.1) is 0 Å². The Morgan fingerprint density at radius 2 is 1.85 bits per heavy atom. The summed E-state index contributed by atoms with van der Waals surface area (Å²) in [5.74, 6) is 3.45. The van der Waals surface area contributed by atoms with Crippen LogP contribution in [0.25, 0.3) is 6.20 Å². The van der Waals surface area contributed by atoms with E-state index in [4.69, 9.17) is 5.11 Å². The number of nitrogens with zero attached hydrogens (tertiary/aromatic N) is 2. The average molecular weight is 272 g/mol. The van der Waals surface area contributed by atoms with Crippen molar-refractivity contribution in [3.63, 3.8) is 0 Å². The van der Waals surface area contributed by atoms with Gasteiger partial charge in [-0.2, -0.15) is 0 Å².